The lowest BCUT2D eigenvalue weighted by atomic mass is 9.54. The van der Waals surface area contributed by atoms with Crippen LogP contribution < -0.4 is 9.47 Å². The molecule has 1 saturated carbocycles. The fourth-order valence-corrected chi connectivity index (χ4v) is 6.41. The van der Waals surface area contributed by atoms with Crippen LogP contribution in [0.1, 0.15) is 54.9 Å². The highest BCUT2D eigenvalue weighted by Crippen LogP contribution is 2.54. The number of methoxy groups -OCH3 is 2. The largest absolute Gasteiger partial charge is 0.493 e. The second kappa shape index (κ2) is 9.09. The number of ether oxygens (including phenoxy) is 2. The predicted molar refractivity (Wildman–Crippen MR) is 136 cm³/mol. The third-order valence-electron chi connectivity index (χ3n) is 8.07. The number of benzene rings is 3. The van der Waals surface area contributed by atoms with Crippen LogP contribution in [0.2, 0.25) is 0 Å². The van der Waals surface area contributed by atoms with Gasteiger partial charge in [-0.15, -0.1) is 0 Å². The van der Waals surface area contributed by atoms with Gasteiger partial charge in [0.15, 0.2) is 11.5 Å². The van der Waals surface area contributed by atoms with E-state index in [1.165, 1.54) is 53.5 Å². The van der Waals surface area contributed by atoms with Crippen LogP contribution in [0.25, 0.3) is 5.57 Å². The van der Waals surface area contributed by atoms with Gasteiger partial charge in [-0.3, -0.25) is 0 Å². The van der Waals surface area contributed by atoms with Crippen LogP contribution in [0.4, 0.5) is 0 Å². The van der Waals surface area contributed by atoms with Crippen molar-refractivity contribution in [3.63, 3.8) is 0 Å². The molecule has 170 valence electrons. The maximum atomic E-state index is 5.70. The van der Waals surface area contributed by atoms with Crippen LogP contribution in [0.15, 0.2) is 78.9 Å². The van der Waals surface area contributed by atoms with E-state index >= 15 is 0 Å². The minimum absolute atomic E-state index is 0.158. The first-order chi connectivity index (χ1) is 16.1. The van der Waals surface area contributed by atoms with Crippen molar-refractivity contribution in [1.82, 2.24) is 0 Å². The van der Waals surface area contributed by atoms with E-state index in [4.69, 9.17) is 9.47 Å². The summed E-state index contributed by atoms with van der Waals surface area (Å²) in [6, 6.07) is 26.2. The summed E-state index contributed by atoms with van der Waals surface area (Å²) in [7, 11) is 3.47. The molecule has 0 spiro atoms. The van der Waals surface area contributed by atoms with E-state index in [-0.39, 0.29) is 5.41 Å². The molecular formula is C31H34O2. The molecule has 3 aromatic carbocycles. The second-order valence-electron chi connectivity index (χ2n) is 9.80. The average molecular weight is 439 g/mol. The summed E-state index contributed by atoms with van der Waals surface area (Å²) in [5.74, 6) is 2.88. The summed E-state index contributed by atoms with van der Waals surface area (Å²) in [6.07, 6.45) is 8.66. The van der Waals surface area contributed by atoms with E-state index in [0.717, 1.165) is 17.9 Å². The predicted octanol–water partition coefficient (Wildman–Crippen LogP) is 7.46. The van der Waals surface area contributed by atoms with Crippen molar-refractivity contribution >= 4 is 5.57 Å². The van der Waals surface area contributed by atoms with Crippen molar-refractivity contribution in [3.8, 4) is 11.5 Å². The molecule has 0 unspecified atom stereocenters. The van der Waals surface area contributed by atoms with Gasteiger partial charge in [0, 0.05) is 0 Å². The molecule has 0 heterocycles. The summed E-state index contributed by atoms with van der Waals surface area (Å²) in [5.41, 5.74) is 7.03. The van der Waals surface area contributed by atoms with Gasteiger partial charge in [0.2, 0.25) is 0 Å². The molecule has 0 bridgehead atoms. The van der Waals surface area contributed by atoms with Gasteiger partial charge >= 0.3 is 0 Å². The Kier molecular flexibility index (Phi) is 6.01. The summed E-state index contributed by atoms with van der Waals surface area (Å²) in [4.78, 5) is 0. The SMILES string of the molecule is COc1cc2c(cc1OC)[C@]1(C)CCC[C@H](C=C(c3ccccc3)c3ccccc3)[C@H]1CC2. The molecule has 1 fully saturated rings. The Labute approximate surface area is 198 Å². The van der Waals surface area contributed by atoms with E-state index in [1.807, 2.05) is 0 Å². The van der Waals surface area contributed by atoms with Crippen molar-refractivity contribution in [3.05, 3.63) is 101 Å². The summed E-state index contributed by atoms with van der Waals surface area (Å²) in [5, 5.41) is 0. The molecule has 0 saturated heterocycles. The van der Waals surface area contributed by atoms with Gasteiger partial charge in [-0.05, 0) is 82.9 Å². The molecule has 3 atom stereocenters. The lowest BCUT2D eigenvalue weighted by molar-refractivity contribution is 0.133. The highest BCUT2D eigenvalue weighted by molar-refractivity contribution is 5.80. The van der Waals surface area contributed by atoms with Gasteiger partial charge in [0.25, 0.3) is 0 Å². The zero-order valence-corrected chi connectivity index (χ0v) is 20.0. The zero-order chi connectivity index (χ0) is 22.8. The van der Waals surface area contributed by atoms with Crippen molar-refractivity contribution in [1.29, 1.82) is 0 Å². The molecule has 0 aromatic heterocycles. The molecule has 0 amide bonds. The summed E-state index contributed by atoms with van der Waals surface area (Å²) in [6.45, 7) is 2.49. The standard InChI is InChI=1S/C31H34O2/c1-31-18-10-15-24(19-26(22-11-6-4-7-12-22)23-13-8-5-9-14-23)27(31)17-16-25-20-29(32-2)30(33-3)21-28(25)31/h4-9,11-14,19-21,24,27H,10,15-18H2,1-3H3/t24-,27-,31-/m1/s1. The van der Waals surface area contributed by atoms with Crippen molar-refractivity contribution < 1.29 is 9.47 Å². The average Bonchev–Trinajstić information content (AvgIpc) is 2.87. The first kappa shape index (κ1) is 21.8. The number of fused-ring (bicyclic) bond motifs is 3. The third kappa shape index (κ3) is 3.97. The maximum Gasteiger partial charge on any atom is 0.161 e. The van der Waals surface area contributed by atoms with Crippen LogP contribution in [-0.2, 0) is 11.8 Å². The maximum absolute atomic E-state index is 5.70. The molecular weight excluding hydrogens is 404 g/mol. The van der Waals surface area contributed by atoms with Crippen LogP contribution >= 0.6 is 0 Å². The molecule has 2 aliphatic carbocycles. The first-order valence-electron chi connectivity index (χ1n) is 12.2. The van der Waals surface area contributed by atoms with E-state index in [1.54, 1.807) is 14.2 Å². The molecule has 0 N–H and O–H groups in total. The van der Waals surface area contributed by atoms with Gasteiger partial charge in [-0.1, -0.05) is 80.1 Å². The smallest absolute Gasteiger partial charge is 0.161 e. The monoisotopic (exact) mass is 438 g/mol. The number of hydrogen-bond donors (Lipinski definition) is 0. The molecule has 0 aliphatic heterocycles. The van der Waals surface area contributed by atoms with Gasteiger partial charge in [-0.25, -0.2) is 0 Å². The van der Waals surface area contributed by atoms with Gasteiger partial charge in [0.1, 0.15) is 0 Å². The highest BCUT2D eigenvalue weighted by atomic mass is 16.5. The zero-order valence-electron chi connectivity index (χ0n) is 20.0. The number of hydrogen-bond acceptors (Lipinski definition) is 2. The molecule has 2 heteroatoms. The number of rotatable bonds is 5. The Bertz CT molecular complexity index is 1090. The lowest BCUT2D eigenvalue weighted by Gasteiger charge is -2.50. The van der Waals surface area contributed by atoms with Crippen LogP contribution in [0.3, 0.4) is 0 Å². The first-order valence-corrected chi connectivity index (χ1v) is 12.2. The van der Waals surface area contributed by atoms with Crippen molar-refractivity contribution in [2.45, 2.75) is 44.4 Å². The van der Waals surface area contributed by atoms with Crippen molar-refractivity contribution in [2.75, 3.05) is 14.2 Å². The van der Waals surface area contributed by atoms with E-state index in [2.05, 4.69) is 85.8 Å². The molecule has 0 radical (unpaired) electrons. The second-order valence-corrected chi connectivity index (χ2v) is 9.80. The minimum atomic E-state index is 0.158. The number of aryl methyl sites for hydroxylation is 1. The molecule has 3 aromatic rings. The van der Waals surface area contributed by atoms with E-state index < -0.39 is 0 Å². The van der Waals surface area contributed by atoms with Gasteiger partial charge < -0.3 is 9.47 Å². The lowest BCUT2D eigenvalue weighted by Crippen LogP contribution is -2.43. The van der Waals surface area contributed by atoms with Crippen LogP contribution in [0, 0.1) is 11.8 Å². The molecule has 2 aliphatic rings. The van der Waals surface area contributed by atoms with E-state index in [9.17, 15) is 0 Å². The van der Waals surface area contributed by atoms with Crippen LogP contribution in [0.5, 0.6) is 11.5 Å². The van der Waals surface area contributed by atoms with E-state index in [0.29, 0.717) is 11.8 Å². The fourth-order valence-electron chi connectivity index (χ4n) is 6.41. The Morgan fingerprint density at radius 3 is 2.06 bits per heavy atom. The van der Waals surface area contributed by atoms with Gasteiger partial charge in [-0.2, -0.15) is 0 Å². The normalized spacial score (nSPS) is 23.7. The highest BCUT2D eigenvalue weighted by Gasteiger charge is 2.46. The van der Waals surface area contributed by atoms with Gasteiger partial charge in [0.05, 0.1) is 14.2 Å². The quantitative estimate of drug-likeness (QED) is 0.412. The topological polar surface area (TPSA) is 18.5 Å². The molecule has 33 heavy (non-hydrogen) atoms. The number of allylic oxidation sites excluding steroid dienone is 1. The van der Waals surface area contributed by atoms with Crippen molar-refractivity contribution in [2.24, 2.45) is 11.8 Å². The third-order valence-corrected chi connectivity index (χ3v) is 8.07. The fraction of sp³-hybridized carbons (Fsp3) is 0.355. The Morgan fingerprint density at radius 1 is 0.848 bits per heavy atom. The summed E-state index contributed by atoms with van der Waals surface area (Å²) < 4.78 is 11.3. The Hall–Kier alpha value is -3.00. The summed E-state index contributed by atoms with van der Waals surface area (Å²) >= 11 is 0. The Morgan fingerprint density at radius 2 is 1.45 bits per heavy atom. The molecule has 2 nitrogen and oxygen atoms in total. The minimum Gasteiger partial charge on any atom is -0.493 e. The molecule has 5 rings (SSSR count). The Balaban J connectivity index is 1.58. The van der Waals surface area contributed by atoms with Crippen LogP contribution in [-0.4, -0.2) is 14.2 Å².